The third-order valence-corrected chi connectivity index (χ3v) is 3.33. The van der Waals surface area contributed by atoms with E-state index >= 15 is 0 Å². The molecule has 0 radical (unpaired) electrons. The summed E-state index contributed by atoms with van der Waals surface area (Å²) in [5.74, 6) is 1.04. The van der Waals surface area contributed by atoms with Crippen LogP contribution in [0.25, 0.3) is 10.9 Å². The van der Waals surface area contributed by atoms with Gasteiger partial charge in [-0.15, -0.1) is 0 Å². The molecule has 0 aliphatic heterocycles. The predicted molar refractivity (Wildman–Crippen MR) is 87.0 cm³/mol. The molecule has 0 amide bonds. The maximum Gasteiger partial charge on any atom is 0.224 e. The van der Waals surface area contributed by atoms with Gasteiger partial charge in [0.05, 0.1) is 17.5 Å². The molecule has 0 bridgehead atoms. The van der Waals surface area contributed by atoms with Crippen molar-refractivity contribution in [1.29, 1.82) is 0 Å². The van der Waals surface area contributed by atoms with Crippen molar-refractivity contribution in [3.8, 4) is 11.6 Å². The van der Waals surface area contributed by atoms with Crippen molar-refractivity contribution in [3.05, 3.63) is 60.4 Å². The van der Waals surface area contributed by atoms with Crippen LogP contribution in [0.4, 0.5) is 0 Å². The molecule has 0 aliphatic carbocycles. The lowest BCUT2D eigenvalue weighted by Gasteiger charge is -2.08. The van der Waals surface area contributed by atoms with Crippen LogP contribution < -0.4 is 9.47 Å². The summed E-state index contributed by atoms with van der Waals surface area (Å²) in [6.45, 7) is 2.44. The summed E-state index contributed by atoms with van der Waals surface area (Å²) in [5.41, 5.74) is 1.36. The number of carbonyl (C=O) groups is 1. The number of nitrogens with zero attached hydrogens (tertiary/aromatic N) is 2. The first-order chi connectivity index (χ1) is 11.3. The van der Waals surface area contributed by atoms with Crippen molar-refractivity contribution in [1.82, 2.24) is 9.97 Å². The molecule has 3 aromatic rings. The van der Waals surface area contributed by atoms with E-state index in [1.807, 2.05) is 31.2 Å². The highest BCUT2D eigenvalue weighted by molar-refractivity contribution is 5.97. The Kier molecular flexibility index (Phi) is 4.47. The van der Waals surface area contributed by atoms with E-state index in [9.17, 15) is 4.79 Å². The highest BCUT2D eigenvalue weighted by Gasteiger charge is 2.10. The van der Waals surface area contributed by atoms with E-state index in [1.54, 1.807) is 24.3 Å². The maximum absolute atomic E-state index is 12.2. The van der Waals surface area contributed by atoms with Crippen LogP contribution in [0.1, 0.15) is 17.3 Å². The highest BCUT2D eigenvalue weighted by Crippen LogP contribution is 2.21. The number of benzene rings is 2. The average molecular weight is 308 g/mol. The fraction of sp³-hybridized carbons (Fsp3) is 0.167. The van der Waals surface area contributed by atoms with Gasteiger partial charge in [-0.2, -0.15) is 0 Å². The van der Waals surface area contributed by atoms with Gasteiger partial charge in [0.15, 0.2) is 12.4 Å². The zero-order chi connectivity index (χ0) is 16.1. The smallest absolute Gasteiger partial charge is 0.224 e. The van der Waals surface area contributed by atoms with Gasteiger partial charge in [-0.05, 0) is 43.3 Å². The molecule has 0 atom stereocenters. The van der Waals surface area contributed by atoms with Crippen LogP contribution in [0.15, 0.2) is 54.9 Å². The standard InChI is InChI=1S/C18H16N2O3/c1-2-22-14-9-7-13(8-10-14)17(21)11-23-18-15-5-3-4-6-16(15)19-12-20-18/h3-10,12H,2,11H2,1H3. The number of aromatic nitrogens is 2. The molecule has 1 aromatic heterocycles. The van der Waals surface area contributed by atoms with Crippen LogP contribution >= 0.6 is 0 Å². The Morgan fingerprint density at radius 2 is 1.78 bits per heavy atom. The number of fused-ring (bicyclic) bond motifs is 1. The zero-order valence-corrected chi connectivity index (χ0v) is 12.7. The number of hydrogen-bond acceptors (Lipinski definition) is 5. The van der Waals surface area contributed by atoms with Crippen molar-refractivity contribution >= 4 is 16.7 Å². The molecule has 0 N–H and O–H groups in total. The average Bonchev–Trinajstić information content (AvgIpc) is 2.60. The molecular formula is C18H16N2O3. The normalized spacial score (nSPS) is 10.5. The number of para-hydroxylation sites is 1. The minimum atomic E-state index is -0.115. The van der Waals surface area contributed by atoms with E-state index in [2.05, 4.69) is 9.97 Å². The van der Waals surface area contributed by atoms with Crippen LogP contribution in [0.2, 0.25) is 0 Å². The topological polar surface area (TPSA) is 61.3 Å². The molecule has 116 valence electrons. The van der Waals surface area contributed by atoms with Gasteiger partial charge in [0.1, 0.15) is 12.1 Å². The SMILES string of the molecule is CCOc1ccc(C(=O)COc2ncnc3ccccc23)cc1. The number of ether oxygens (including phenoxy) is 2. The molecule has 0 saturated carbocycles. The lowest BCUT2D eigenvalue weighted by molar-refractivity contribution is 0.0919. The molecule has 5 heteroatoms. The summed E-state index contributed by atoms with van der Waals surface area (Å²) in [6, 6.07) is 14.5. The van der Waals surface area contributed by atoms with Gasteiger partial charge in [-0.1, -0.05) is 12.1 Å². The lowest BCUT2D eigenvalue weighted by Crippen LogP contribution is -2.12. The molecule has 23 heavy (non-hydrogen) atoms. The monoisotopic (exact) mass is 308 g/mol. The minimum absolute atomic E-state index is 0.0744. The predicted octanol–water partition coefficient (Wildman–Crippen LogP) is 3.29. The molecule has 1 heterocycles. The molecule has 0 spiro atoms. The minimum Gasteiger partial charge on any atom is -0.494 e. The fourth-order valence-corrected chi connectivity index (χ4v) is 2.22. The number of hydrogen-bond donors (Lipinski definition) is 0. The molecule has 5 nitrogen and oxygen atoms in total. The van der Waals surface area contributed by atoms with Gasteiger partial charge in [-0.25, -0.2) is 9.97 Å². The molecule has 0 aliphatic rings. The van der Waals surface area contributed by atoms with E-state index in [0.717, 1.165) is 16.7 Å². The largest absolute Gasteiger partial charge is 0.494 e. The molecule has 0 saturated heterocycles. The first-order valence-corrected chi connectivity index (χ1v) is 7.36. The molecule has 3 rings (SSSR count). The Balaban J connectivity index is 1.70. The Hall–Kier alpha value is -2.95. The Bertz CT molecular complexity index is 811. The fourth-order valence-electron chi connectivity index (χ4n) is 2.22. The van der Waals surface area contributed by atoms with E-state index < -0.39 is 0 Å². The highest BCUT2D eigenvalue weighted by atomic mass is 16.5. The first-order valence-electron chi connectivity index (χ1n) is 7.36. The molecule has 2 aromatic carbocycles. The number of rotatable bonds is 6. The summed E-state index contributed by atoms with van der Waals surface area (Å²) in [7, 11) is 0. The summed E-state index contributed by atoms with van der Waals surface area (Å²) >= 11 is 0. The summed E-state index contributed by atoms with van der Waals surface area (Å²) in [4.78, 5) is 20.5. The third kappa shape index (κ3) is 3.45. The van der Waals surface area contributed by atoms with Crippen molar-refractivity contribution in [2.45, 2.75) is 6.92 Å². The van der Waals surface area contributed by atoms with Crippen LogP contribution in [-0.2, 0) is 0 Å². The van der Waals surface area contributed by atoms with E-state index in [0.29, 0.717) is 18.1 Å². The van der Waals surface area contributed by atoms with E-state index in [1.165, 1.54) is 6.33 Å². The van der Waals surface area contributed by atoms with Crippen molar-refractivity contribution < 1.29 is 14.3 Å². The Morgan fingerprint density at radius 3 is 2.57 bits per heavy atom. The number of ketones is 1. The summed E-state index contributed by atoms with van der Waals surface area (Å²) in [6.07, 6.45) is 1.43. The Labute approximate surface area is 133 Å². The Morgan fingerprint density at radius 1 is 1.00 bits per heavy atom. The maximum atomic E-state index is 12.2. The second kappa shape index (κ2) is 6.87. The first kappa shape index (κ1) is 15.0. The molecule has 0 unspecified atom stereocenters. The van der Waals surface area contributed by atoms with Crippen molar-refractivity contribution in [3.63, 3.8) is 0 Å². The summed E-state index contributed by atoms with van der Waals surface area (Å²) < 4.78 is 10.9. The van der Waals surface area contributed by atoms with E-state index in [-0.39, 0.29) is 12.4 Å². The van der Waals surface area contributed by atoms with Crippen LogP contribution in [-0.4, -0.2) is 29.0 Å². The lowest BCUT2D eigenvalue weighted by atomic mass is 10.1. The third-order valence-electron chi connectivity index (χ3n) is 3.33. The second-order valence-electron chi connectivity index (χ2n) is 4.87. The van der Waals surface area contributed by atoms with Gasteiger partial charge in [0.25, 0.3) is 0 Å². The zero-order valence-electron chi connectivity index (χ0n) is 12.7. The van der Waals surface area contributed by atoms with Crippen LogP contribution in [0.5, 0.6) is 11.6 Å². The van der Waals surface area contributed by atoms with Gasteiger partial charge in [-0.3, -0.25) is 4.79 Å². The van der Waals surface area contributed by atoms with Crippen molar-refractivity contribution in [2.75, 3.05) is 13.2 Å². The van der Waals surface area contributed by atoms with Gasteiger partial charge in [0.2, 0.25) is 5.88 Å². The van der Waals surface area contributed by atoms with Gasteiger partial charge >= 0.3 is 0 Å². The number of Topliss-reactive ketones (excluding diaryl/α,β-unsaturated/α-hetero) is 1. The van der Waals surface area contributed by atoms with Crippen LogP contribution in [0.3, 0.4) is 0 Å². The van der Waals surface area contributed by atoms with Gasteiger partial charge in [0, 0.05) is 5.56 Å². The summed E-state index contributed by atoms with van der Waals surface area (Å²) in [5, 5.41) is 0.787. The van der Waals surface area contributed by atoms with Gasteiger partial charge < -0.3 is 9.47 Å². The number of carbonyl (C=O) groups excluding carboxylic acids is 1. The quantitative estimate of drug-likeness (QED) is 0.654. The van der Waals surface area contributed by atoms with E-state index in [4.69, 9.17) is 9.47 Å². The second-order valence-corrected chi connectivity index (χ2v) is 4.87. The molecule has 0 fully saturated rings. The van der Waals surface area contributed by atoms with Crippen LogP contribution in [0, 0.1) is 0 Å². The van der Waals surface area contributed by atoms with Crippen molar-refractivity contribution in [2.24, 2.45) is 0 Å². The molecular weight excluding hydrogens is 292 g/mol.